The molecule has 1 aliphatic carbocycles. The van der Waals surface area contributed by atoms with Gasteiger partial charge in [-0.05, 0) is 18.8 Å². The summed E-state index contributed by atoms with van der Waals surface area (Å²) in [6.07, 6.45) is 7.01. The topological polar surface area (TPSA) is 30.0 Å². The van der Waals surface area contributed by atoms with Gasteiger partial charge in [0.15, 0.2) is 0 Å². The Balaban J connectivity index is 1.90. The lowest BCUT2D eigenvalue weighted by Crippen LogP contribution is -2.23. The number of nitrogens with zero attached hydrogens (tertiary/aromatic N) is 1. The predicted octanol–water partition coefficient (Wildman–Crippen LogP) is 3.08. The van der Waals surface area contributed by atoms with Crippen LogP contribution in [0.1, 0.15) is 37.6 Å². The number of rotatable bonds is 3. The highest BCUT2D eigenvalue weighted by atomic mass is 32.1. The Morgan fingerprint density at radius 3 is 3.13 bits per heavy atom. The molecular formula is C12H17NOS. The quantitative estimate of drug-likeness (QED) is 0.788. The van der Waals surface area contributed by atoms with E-state index in [9.17, 15) is 4.79 Å². The van der Waals surface area contributed by atoms with Gasteiger partial charge < -0.3 is 0 Å². The average Bonchev–Trinajstić information content (AvgIpc) is 2.70. The number of aromatic nitrogens is 1. The monoisotopic (exact) mass is 223 g/mol. The largest absolute Gasteiger partial charge is 0.299 e. The molecule has 0 aliphatic heterocycles. The van der Waals surface area contributed by atoms with Crippen molar-refractivity contribution in [3.05, 3.63) is 16.6 Å². The number of carbonyl (C=O) groups excluding carboxylic acids is 1. The first-order valence-electron chi connectivity index (χ1n) is 5.67. The maximum Gasteiger partial charge on any atom is 0.142 e. The van der Waals surface area contributed by atoms with Gasteiger partial charge in [0.05, 0.1) is 11.4 Å². The molecule has 2 atom stereocenters. The number of hydrogen-bond donors (Lipinski definition) is 0. The Morgan fingerprint density at radius 2 is 2.47 bits per heavy atom. The van der Waals surface area contributed by atoms with Crippen LogP contribution in [0, 0.1) is 11.8 Å². The Kier molecular flexibility index (Phi) is 3.52. The highest BCUT2D eigenvalue weighted by Gasteiger charge is 2.25. The number of Topliss-reactive ketones (excluding diaryl/α,β-unsaturated/α-hetero) is 1. The minimum atomic E-state index is 0.303. The van der Waals surface area contributed by atoms with Gasteiger partial charge in [-0.15, -0.1) is 11.3 Å². The summed E-state index contributed by atoms with van der Waals surface area (Å²) in [7, 11) is 0. The summed E-state index contributed by atoms with van der Waals surface area (Å²) in [6.45, 7) is 2.25. The molecule has 0 N–H and O–H groups in total. The Morgan fingerprint density at radius 1 is 1.60 bits per heavy atom. The minimum absolute atomic E-state index is 0.303. The predicted molar refractivity (Wildman–Crippen MR) is 61.9 cm³/mol. The van der Waals surface area contributed by atoms with Crippen molar-refractivity contribution in [3.8, 4) is 0 Å². The zero-order valence-corrected chi connectivity index (χ0v) is 9.93. The summed E-state index contributed by atoms with van der Waals surface area (Å²) < 4.78 is 0. The van der Waals surface area contributed by atoms with E-state index in [1.807, 2.05) is 5.38 Å². The summed E-state index contributed by atoms with van der Waals surface area (Å²) >= 11 is 1.58. The molecule has 1 heterocycles. The van der Waals surface area contributed by atoms with Crippen LogP contribution in [-0.2, 0) is 11.2 Å². The van der Waals surface area contributed by atoms with Crippen molar-refractivity contribution in [2.75, 3.05) is 0 Å². The standard InChI is InChI=1S/C12H17NOS/c1-9-3-2-4-10(7-9)11(14)8-12-13-5-6-15-12/h5-6,9-10H,2-4,7-8H2,1H3. The molecule has 2 nitrogen and oxygen atoms in total. The van der Waals surface area contributed by atoms with E-state index in [1.165, 1.54) is 12.8 Å². The second kappa shape index (κ2) is 4.88. The Hall–Kier alpha value is -0.700. The van der Waals surface area contributed by atoms with E-state index in [-0.39, 0.29) is 0 Å². The molecule has 0 saturated heterocycles. The third-order valence-electron chi connectivity index (χ3n) is 3.20. The molecule has 1 saturated carbocycles. The van der Waals surface area contributed by atoms with Crippen LogP contribution < -0.4 is 0 Å². The number of thiazole rings is 1. The van der Waals surface area contributed by atoms with Crippen LogP contribution in [0.15, 0.2) is 11.6 Å². The lowest BCUT2D eigenvalue weighted by molar-refractivity contribution is -0.123. The van der Waals surface area contributed by atoms with Gasteiger partial charge in [0.25, 0.3) is 0 Å². The second-order valence-electron chi connectivity index (χ2n) is 4.54. The van der Waals surface area contributed by atoms with Crippen LogP contribution in [0.4, 0.5) is 0 Å². The molecule has 1 aromatic heterocycles. The smallest absolute Gasteiger partial charge is 0.142 e. The van der Waals surface area contributed by atoms with Crippen LogP contribution in [0.5, 0.6) is 0 Å². The van der Waals surface area contributed by atoms with E-state index >= 15 is 0 Å². The molecule has 3 heteroatoms. The molecular weight excluding hydrogens is 206 g/mol. The zero-order valence-electron chi connectivity index (χ0n) is 9.11. The molecule has 82 valence electrons. The molecule has 2 rings (SSSR count). The first-order valence-corrected chi connectivity index (χ1v) is 6.54. The van der Waals surface area contributed by atoms with Crippen molar-refractivity contribution in [2.45, 2.75) is 39.0 Å². The van der Waals surface area contributed by atoms with Crippen LogP contribution in [-0.4, -0.2) is 10.8 Å². The zero-order chi connectivity index (χ0) is 10.7. The Labute approximate surface area is 94.7 Å². The lowest BCUT2D eigenvalue weighted by atomic mass is 9.80. The summed E-state index contributed by atoms with van der Waals surface area (Å²) in [5.74, 6) is 1.43. The maximum atomic E-state index is 12.0. The fraction of sp³-hybridized carbons (Fsp3) is 0.667. The van der Waals surface area contributed by atoms with Gasteiger partial charge >= 0.3 is 0 Å². The molecule has 0 amide bonds. The van der Waals surface area contributed by atoms with Gasteiger partial charge in [-0.25, -0.2) is 4.98 Å². The first kappa shape index (κ1) is 10.8. The molecule has 1 aromatic rings. The van der Waals surface area contributed by atoms with Gasteiger partial charge in [0, 0.05) is 17.5 Å². The fourth-order valence-corrected chi connectivity index (χ4v) is 2.99. The van der Waals surface area contributed by atoms with Gasteiger partial charge in [-0.2, -0.15) is 0 Å². The fourth-order valence-electron chi connectivity index (χ4n) is 2.36. The minimum Gasteiger partial charge on any atom is -0.299 e. The van der Waals surface area contributed by atoms with Crippen molar-refractivity contribution in [3.63, 3.8) is 0 Å². The second-order valence-corrected chi connectivity index (χ2v) is 5.52. The highest BCUT2D eigenvalue weighted by molar-refractivity contribution is 7.09. The van der Waals surface area contributed by atoms with Gasteiger partial charge in [-0.3, -0.25) is 4.79 Å². The molecule has 0 spiro atoms. The van der Waals surface area contributed by atoms with E-state index in [2.05, 4.69) is 11.9 Å². The third kappa shape index (κ3) is 2.88. The molecule has 15 heavy (non-hydrogen) atoms. The first-order chi connectivity index (χ1) is 7.25. The maximum absolute atomic E-state index is 12.0. The van der Waals surface area contributed by atoms with E-state index in [4.69, 9.17) is 0 Å². The molecule has 0 bridgehead atoms. The van der Waals surface area contributed by atoms with Crippen molar-refractivity contribution in [1.29, 1.82) is 0 Å². The SMILES string of the molecule is CC1CCCC(C(=O)Cc2nccs2)C1. The Bertz CT molecular complexity index is 320. The molecule has 0 aromatic carbocycles. The van der Waals surface area contributed by atoms with Gasteiger partial charge in [0.1, 0.15) is 5.78 Å². The molecule has 1 fully saturated rings. The number of carbonyl (C=O) groups is 1. The van der Waals surface area contributed by atoms with Crippen LogP contribution >= 0.6 is 11.3 Å². The van der Waals surface area contributed by atoms with E-state index in [1.54, 1.807) is 17.5 Å². The lowest BCUT2D eigenvalue weighted by Gasteiger charge is -2.25. The van der Waals surface area contributed by atoms with E-state index in [0.717, 1.165) is 23.8 Å². The van der Waals surface area contributed by atoms with Gasteiger partial charge in [-0.1, -0.05) is 19.8 Å². The molecule has 0 radical (unpaired) electrons. The van der Waals surface area contributed by atoms with Crippen molar-refractivity contribution >= 4 is 17.1 Å². The van der Waals surface area contributed by atoms with Crippen LogP contribution in [0.3, 0.4) is 0 Å². The number of ketones is 1. The molecule has 2 unspecified atom stereocenters. The number of hydrogen-bond acceptors (Lipinski definition) is 3. The summed E-state index contributed by atoms with van der Waals surface area (Å²) in [4.78, 5) is 16.1. The third-order valence-corrected chi connectivity index (χ3v) is 3.98. The van der Waals surface area contributed by atoms with Crippen LogP contribution in [0.2, 0.25) is 0 Å². The van der Waals surface area contributed by atoms with Crippen LogP contribution in [0.25, 0.3) is 0 Å². The van der Waals surface area contributed by atoms with Crippen molar-refractivity contribution in [1.82, 2.24) is 4.98 Å². The summed E-state index contributed by atoms with van der Waals surface area (Å²) in [5, 5.41) is 2.91. The van der Waals surface area contributed by atoms with Gasteiger partial charge in [0.2, 0.25) is 0 Å². The molecule has 1 aliphatic rings. The van der Waals surface area contributed by atoms with E-state index in [0.29, 0.717) is 18.1 Å². The average molecular weight is 223 g/mol. The van der Waals surface area contributed by atoms with E-state index < -0.39 is 0 Å². The van der Waals surface area contributed by atoms with Crippen molar-refractivity contribution < 1.29 is 4.79 Å². The highest BCUT2D eigenvalue weighted by Crippen LogP contribution is 2.29. The van der Waals surface area contributed by atoms with Crippen molar-refractivity contribution in [2.24, 2.45) is 11.8 Å². The normalized spacial score (nSPS) is 26.5. The summed E-state index contributed by atoms with van der Waals surface area (Å²) in [6, 6.07) is 0. The summed E-state index contributed by atoms with van der Waals surface area (Å²) in [5.41, 5.74) is 0.